The molecule has 0 aromatic carbocycles. The van der Waals surface area contributed by atoms with Gasteiger partial charge >= 0.3 is 0 Å². The first kappa shape index (κ1) is 12.1. The highest BCUT2D eigenvalue weighted by atomic mass is 16.1. The first-order chi connectivity index (χ1) is 8.18. The third-order valence-corrected chi connectivity index (χ3v) is 3.35. The van der Waals surface area contributed by atoms with E-state index < -0.39 is 0 Å². The summed E-state index contributed by atoms with van der Waals surface area (Å²) >= 11 is 0. The van der Waals surface area contributed by atoms with Crippen LogP contribution in [0, 0.1) is 0 Å². The van der Waals surface area contributed by atoms with Crippen LogP contribution < -0.4 is 10.9 Å². The molecule has 1 atom stereocenters. The van der Waals surface area contributed by atoms with Gasteiger partial charge in [-0.3, -0.25) is 9.69 Å². The Morgan fingerprint density at radius 3 is 2.88 bits per heavy atom. The molecule has 1 N–H and O–H groups in total. The van der Waals surface area contributed by atoms with Crippen LogP contribution in [0.5, 0.6) is 0 Å². The van der Waals surface area contributed by atoms with Crippen molar-refractivity contribution in [3.05, 3.63) is 22.7 Å². The Morgan fingerprint density at radius 1 is 1.47 bits per heavy atom. The van der Waals surface area contributed by atoms with Crippen molar-refractivity contribution in [1.29, 1.82) is 0 Å². The molecule has 0 radical (unpaired) electrons. The number of nitrogens with one attached hydrogen (secondary N) is 1. The van der Waals surface area contributed by atoms with Gasteiger partial charge in [0.1, 0.15) is 0 Å². The average molecular weight is 236 g/mol. The summed E-state index contributed by atoms with van der Waals surface area (Å²) in [6.07, 6.45) is 5.88. The number of hydrogen-bond donors (Lipinski definition) is 1. The highest BCUT2D eigenvalue weighted by Gasteiger charge is 2.17. The zero-order valence-electron chi connectivity index (χ0n) is 10.5. The second kappa shape index (κ2) is 5.31. The summed E-state index contributed by atoms with van der Waals surface area (Å²) in [6.45, 7) is 5.30. The van der Waals surface area contributed by atoms with Gasteiger partial charge in [-0.2, -0.15) is 0 Å². The topological polar surface area (TPSA) is 50.2 Å². The molecule has 5 nitrogen and oxygen atoms in total. The first-order valence-corrected chi connectivity index (χ1v) is 6.18. The monoisotopic (exact) mass is 236 g/mol. The molecule has 0 aliphatic carbocycles. The van der Waals surface area contributed by atoms with E-state index in [1.807, 2.05) is 0 Å². The molecule has 1 aliphatic heterocycles. The molecule has 2 heterocycles. The number of aromatic nitrogens is 2. The molecule has 1 saturated heterocycles. The van der Waals surface area contributed by atoms with Crippen LogP contribution in [0.3, 0.4) is 0 Å². The van der Waals surface area contributed by atoms with Crippen molar-refractivity contribution < 1.29 is 0 Å². The third-order valence-electron chi connectivity index (χ3n) is 3.35. The van der Waals surface area contributed by atoms with E-state index in [0.717, 1.165) is 6.54 Å². The SMILES string of the molecule is CC(CNc1nccn(C)c1=O)N1CCCC1. The highest BCUT2D eigenvalue weighted by molar-refractivity contribution is 5.30. The van der Waals surface area contributed by atoms with Gasteiger partial charge in [-0.05, 0) is 32.9 Å². The minimum atomic E-state index is -0.0684. The molecule has 1 unspecified atom stereocenters. The van der Waals surface area contributed by atoms with Crippen LogP contribution >= 0.6 is 0 Å². The third kappa shape index (κ3) is 2.85. The maximum Gasteiger partial charge on any atom is 0.293 e. The summed E-state index contributed by atoms with van der Waals surface area (Å²) in [5.41, 5.74) is -0.0684. The quantitative estimate of drug-likeness (QED) is 0.835. The van der Waals surface area contributed by atoms with E-state index in [9.17, 15) is 4.79 Å². The minimum absolute atomic E-state index is 0.0684. The lowest BCUT2D eigenvalue weighted by Gasteiger charge is -2.23. The van der Waals surface area contributed by atoms with Crippen LogP contribution in [-0.2, 0) is 7.05 Å². The Labute approximate surface area is 101 Å². The number of rotatable bonds is 4. The lowest BCUT2D eigenvalue weighted by molar-refractivity contribution is 0.269. The molecule has 1 fully saturated rings. The molecule has 94 valence electrons. The van der Waals surface area contributed by atoms with E-state index in [0.29, 0.717) is 11.9 Å². The zero-order chi connectivity index (χ0) is 12.3. The van der Waals surface area contributed by atoms with Crippen LogP contribution in [-0.4, -0.2) is 40.1 Å². The number of anilines is 1. The smallest absolute Gasteiger partial charge is 0.293 e. The van der Waals surface area contributed by atoms with Gasteiger partial charge in [-0.1, -0.05) is 0 Å². The molecule has 0 amide bonds. The van der Waals surface area contributed by atoms with Crippen molar-refractivity contribution in [2.75, 3.05) is 25.0 Å². The van der Waals surface area contributed by atoms with Crippen LogP contribution in [0.2, 0.25) is 0 Å². The van der Waals surface area contributed by atoms with E-state index in [1.165, 1.54) is 30.5 Å². The fraction of sp³-hybridized carbons (Fsp3) is 0.667. The Bertz CT molecular complexity index is 423. The molecule has 0 bridgehead atoms. The maximum atomic E-state index is 11.7. The molecular formula is C12H20N4O. The number of nitrogens with zero attached hydrogens (tertiary/aromatic N) is 3. The normalized spacial score (nSPS) is 18.2. The van der Waals surface area contributed by atoms with E-state index in [4.69, 9.17) is 0 Å². The molecule has 0 saturated carbocycles. The second-order valence-electron chi connectivity index (χ2n) is 4.66. The Morgan fingerprint density at radius 2 is 2.18 bits per heavy atom. The Hall–Kier alpha value is -1.36. The lowest BCUT2D eigenvalue weighted by atomic mass is 10.3. The van der Waals surface area contributed by atoms with E-state index >= 15 is 0 Å². The number of hydrogen-bond acceptors (Lipinski definition) is 4. The summed E-state index contributed by atoms with van der Waals surface area (Å²) in [6, 6.07) is 0.448. The predicted molar refractivity (Wildman–Crippen MR) is 68.2 cm³/mol. The molecule has 0 spiro atoms. The zero-order valence-corrected chi connectivity index (χ0v) is 10.5. The van der Waals surface area contributed by atoms with Crippen molar-refractivity contribution in [3.8, 4) is 0 Å². The van der Waals surface area contributed by atoms with Crippen molar-refractivity contribution in [3.63, 3.8) is 0 Å². The van der Waals surface area contributed by atoms with Crippen LogP contribution in [0.15, 0.2) is 17.2 Å². The standard InChI is InChI=1S/C12H20N4O/c1-10(16-6-3-4-7-16)9-14-11-12(17)15(2)8-5-13-11/h5,8,10H,3-4,6-7,9H2,1-2H3,(H,13,14). The van der Waals surface area contributed by atoms with Gasteiger partial charge in [-0.25, -0.2) is 4.98 Å². The van der Waals surface area contributed by atoms with Gasteiger partial charge in [0.2, 0.25) is 0 Å². The first-order valence-electron chi connectivity index (χ1n) is 6.18. The van der Waals surface area contributed by atoms with Crippen molar-refractivity contribution in [2.45, 2.75) is 25.8 Å². The highest BCUT2D eigenvalue weighted by Crippen LogP contribution is 2.11. The van der Waals surface area contributed by atoms with E-state index in [-0.39, 0.29) is 5.56 Å². The number of likely N-dealkylation sites (tertiary alicyclic amines) is 1. The number of aryl methyl sites for hydroxylation is 1. The Balaban J connectivity index is 1.93. The molecule has 1 aromatic heterocycles. The van der Waals surface area contributed by atoms with E-state index in [1.54, 1.807) is 19.4 Å². The summed E-state index contributed by atoms with van der Waals surface area (Å²) in [4.78, 5) is 18.2. The fourth-order valence-corrected chi connectivity index (χ4v) is 2.17. The molecule has 1 aliphatic rings. The molecule has 2 rings (SSSR count). The van der Waals surface area contributed by atoms with Crippen molar-refractivity contribution >= 4 is 5.82 Å². The minimum Gasteiger partial charge on any atom is -0.364 e. The van der Waals surface area contributed by atoms with Gasteiger partial charge in [-0.15, -0.1) is 0 Å². The average Bonchev–Trinajstić information content (AvgIpc) is 2.84. The Kier molecular flexibility index (Phi) is 3.78. The summed E-state index contributed by atoms with van der Waals surface area (Å²) in [5, 5.41) is 3.14. The van der Waals surface area contributed by atoms with Crippen molar-refractivity contribution in [2.24, 2.45) is 7.05 Å². The molecule has 5 heteroatoms. The summed E-state index contributed by atoms with van der Waals surface area (Å²) < 4.78 is 1.54. The molecule has 17 heavy (non-hydrogen) atoms. The van der Waals surface area contributed by atoms with Crippen LogP contribution in [0.25, 0.3) is 0 Å². The fourth-order valence-electron chi connectivity index (χ4n) is 2.17. The van der Waals surface area contributed by atoms with Crippen LogP contribution in [0.4, 0.5) is 5.82 Å². The van der Waals surface area contributed by atoms with Gasteiger partial charge in [0, 0.05) is 32.0 Å². The predicted octanol–water partition coefficient (Wildman–Crippen LogP) is 0.676. The van der Waals surface area contributed by atoms with Gasteiger partial charge < -0.3 is 9.88 Å². The maximum absolute atomic E-state index is 11.7. The summed E-state index contributed by atoms with van der Waals surface area (Å²) in [5.74, 6) is 0.445. The van der Waals surface area contributed by atoms with Crippen molar-refractivity contribution in [1.82, 2.24) is 14.5 Å². The van der Waals surface area contributed by atoms with Gasteiger partial charge in [0.25, 0.3) is 5.56 Å². The van der Waals surface area contributed by atoms with E-state index in [2.05, 4.69) is 22.1 Å². The molecular weight excluding hydrogens is 216 g/mol. The van der Waals surface area contributed by atoms with Crippen LogP contribution in [0.1, 0.15) is 19.8 Å². The summed E-state index contributed by atoms with van der Waals surface area (Å²) in [7, 11) is 1.74. The largest absolute Gasteiger partial charge is 0.364 e. The van der Waals surface area contributed by atoms with Gasteiger partial charge in [0.05, 0.1) is 0 Å². The lowest BCUT2D eigenvalue weighted by Crippen LogP contribution is -2.37. The molecule has 1 aromatic rings. The van der Waals surface area contributed by atoms with Gasteiger partial charge in [0.15, 0.2) is 5.82 Å². The second-order valence-corrected chi connectivity index (χ2v) is 4.66.